The highest BCUT2D eigenvalue weighted by Gasteiger charge is 2.27. The van der Waals surface area contributed by atoms with Gasteiger partial charge in [0.25, 0.3) is 0 Å². The van der Waals surface area contributed by atoms with Crippen molar-refractivity contribution < 1.29 is 19.4 Å². The van der Waals surface area contributed by atoms with Gasteiger partial charge in [-0.15, -0.1) is 0 Å². The SMILES string of the molecule is O=C(CCN1CCC(C(=O)O)C1)Nc1ccccc1Oc1ccccc1. The maximum absolute atomic E-state index is 12.3. The summed E-state index contributed by atoms with van der Waals surface area (Å²) >= 11 is 0. The first-order chi connectivity index (χ1) is 12.6. The molecular formula is C20H22N2O4. The zero-order valence-corrected chi connectivity index (χ0v) is 14.4. The third kappa shape index (κ3) is 4.83. The monoisotopic (exact) mass is 354 g/mol. The molecule has 136 valence electrons. The number of nitrogens with zero attached hydrogens (tertiary/aromatic N) is 1. The Hall–Kier alpha value is -2.86. The summed E-state index contributed by atoms with van der Waals surface area (Å²) in [5.74, 6) is 0.0834. The lowest BCUT2D eigenvalue weighted by Crippen LogP contribution is -2.27. The van der Waals surface area contributed by atoms with Crippen LogP contribution >= 0.6 is 0 Å². The minimum absolute atomic E-state index is 0.118. The van der Waals surface area contributed by atoms with Gasteiger partial charge in [-0.05, 0) is 37.2 Å². The van der Waals surface area contributed by atoms with E-state index in [0.717, 1.165) is 6.54 Å². The molecule has 0 bridgehead atoms. The fraction of sp³-hybridized carbons (Fsp3) is 0.300. The largest absolute Gasteiger partial charge is 0.481 e. The van der Waals surface area contributed by atoms with Gasteiger partial charge in [-0.25, -0.2) is 0 Å². The van der Waals surface area contributed by atoms with Crippen molar-refractivity contribution in [2.75, 3.05) is 25.0 Å². The first kappa shape index (κ1) is 17.9. The second-order valence-corrected chi connectivity index (χ2v) is 6.33. The van der Waals surface area contributed by atoms with Gasteiger partial charge in [0.15, 0.2) is 5.75 Å². The maximum Gasteiger partial charge on any atom is 0.307 e. The number of hydrogen-bond acceptors (Lipinski definition) is 4. The molecule has 0 aliphatic carbocycles. The predicted molar refractivity (Wildman–Crippen MR) is 98.4 cm³/mol. The van der Waals surface area contributed by atoms with Crippen molar-refractivity contribution in [1.29, 1.82) is 0 Å². The van der Waals surface area contributed by atoms with E-state index < -0.39 is 5.97 Å². The van der Waals surface area contributed by atoms with Crippen molar-refractivity contribution in [2.24, 2.45) is 5.92 Å². The second kappa shape index (κ2) is 8.49. The Balaban J connectivity index is 1.54. The number of amides is 1. The first-order valence-corrected chi connectivity index (χ1v) is 8.69. The third-order valence-corrected chi connectivity index (χ3v) is 4.41. The van der Waals surface area contributed by atoms with Crippen molar-refractivity contribution >= 4 is 17.6 Å². The van der Waals surface area contributed by atoms with E-state index in [0.29, 0.717) is 43.1 Å². The molecule has 26 heavy (non-hydrogen) atoms. The number of benzene rings is 2. The summed E-state index contributed by atoms with van der Waals surface area (Å²) in [6, 6.07) is 16.7. The van der Waals surface area contributed by atoms with E-state index in [9.17, 15) is 9.59 Å². The normalized spacial score (nSPS) is 17.0. The van der Waals surface area contributed by atoms with Crippen LogP contribution in [-0.4, -0.2) is 41.5 Å². The predicted octanol–water partition coefficient (Wildman–Crippen LogP) is 3.21. The molecule has 3 rings (SSSR count). The summed E-state index contributed by atoms with van der Waals surface area (Å²) in [6.07, 6.45) is 0.955. The molecule has 1 heterocycles. The molecular weight excluding hydrogens is 332 g/mol. The number of para-hydroxylation sites is 3. The number of ether oxygens (including phenoxy) is 1. The number of carboxylic acids is 1. The summed E-state index contributed by atoms with van der Waals surface area (Å²) in [5.41, 5.74) is 0.617. The van der Waals surface area contributed by atoms with Crippen LogP contribution in [0.2, 0.25) is 0 Å². The average molecular weight is 354 g/mol. The number of anilines is 1. The second-order valence-electron chi connectivity index (χ2n) is 6.33. The van der Waals surface area contributed by atoms with Crippen LogP contribution in [0.25, 0.3) is 0 Å². The minimum atomic E-state index is -0.760. The van der Waals surface area contributed by atoms with E-state index in [2.05, 4.69) is 5.32 Å². The smallest absolute Gasteiger partial charge is 0.307 e. The van der Waals surface area contributed by atoms with Gasteiger partial charge < -0.3 is 20.1 Å². The lowest BCUT2D eigenvalue weighted by atomic mass is 10.1. The fourth-order valence-electron chi connectivity index (χ4n) is 2.98. The molecule has 0 aromatic heterocycles. The van der Waals surface area contributed by atoms with E-state index >= 15 is 0 Å². The Morgan fingerprint density at radius 2 is 1.85 bits per heavy atom. The van der Waals surface area contributed by atoms with Crippen LogP contribution < -0.4 is 10.1 Å². The zero-order chi connectivity index (χ0) is 18.4. The lowest BCUT2D eigenvalue weighted by Gasteiger charge is -2.16. The molecule has 6 heteroatoms. The molecule has 2 aromatic rings. The number of carboxylic acid groups (broad SMARTS) is 1. The van der Waals surface area contributed by atoms with Gasteiger partial charge in [0.1, 0.15) is 5.75 Å². The Morgan fingerprint density at radius 3 is 2.58 bits per heavy atom. The number of carbonyl (C=O) groups excluding carboxylic acids is 1. The van der Waals surface area contributed by atoms with Gasteiger partial charge in [-0.3, -0.25) is 9.59 Å². The van der Waals surface area contributed by atoms with Gasteiger partial charge in [0.05, 0.1) is 11.6 Å². The summed E-state index contributed by atoms with van der Waals surface area (Å²) in [5, 5.41) is 11.9. The molecule has 1 atom stereocenters. The molecule has 1 aliphatic rings. The Bertz CT molecular complexity index is 763. The van der Waals surface area contributed by atoms with Crippen LogP contribution in [0.5, 0.6) is 11.5 Å². The molecule has 2 aromatic carbocycles. The molecule has 1 amide bonds. The third-order valence-electron chi connectivity index (χ3n) is 4.41. The number of carbonyl (C=O) groups is 2. The van der Waals surface area contributed by atoms with E-state index in [1.54, 1.807) is 12.1 Å². The quantitative estimate of drug-likeness (QED) is 0.798. The van der Waals surface area contributed by atoms with Crippen LogP contribution in [0.15, 0.2) is 54.6 Å². The fourth-order valence-corrected chi connectivity index (χ4v) is 2.98. The number of rotatable bonds is 7. The van der Waals surface area contributed by atoms with Crippen LogP contribution in [0.1, 0.15) is 12.8 Å². The van der Waals surface area contributed by atoms with E-state index in [1.165, 1.54) is 0 Å². The van der Waals surface area contributed by atoms with Gasteiger partial charge >= 0.3 is 5.97 Å². The zero-order valence-electron chi connectivity index (χ0n) is 14.4. The van der Waals surface area contributed by atoms with Gasteiger partial charge in [-0.2, -0.15) is 0 Å². The molecule has 0 spiro atoms. The lowest BCUT2D eigenvalue weighted by molar-refractivity contribution is -0.141. The van der Waals surface area contributed by atoms with E-state index in [-0.39, 0.29) is 11.8 Å². The van der Waals surface area contributed by atoms with Crippen molar-refractivity contribution in [1.82, 2.24) is 4.90 Å². The molecule has 2 N–H and O–H groups in total. The summed E-state index contributed by atoms with van der Waals surface area (Å²) < 4.78 is 5.84. The molecule has 1 unspecified atom stereocenters. The Kier molecular flexibility index (Phi) is 5.86. The highest BCUT2D eigenvalue weighted by molar-refractivity contribution is 5.92. The molecule has 0 radical (unpaired) electrons. The molecule has 1 saturated heterocycles. The maximum atomic E-state index is 12.3. The van der Waals surface area contributed by atoms with Gasteiger partial charge in [0.2, 0.25) is 5.91 Å². The summed E-state index contributed by atoms with van der Waals surface area (Å²) in [4.78, 5) is 25.3. The average Bonchev–Trinajstić information content (AvgIpc) is 3.12. The molecule has 1 aliphatic heterocycles. The van der Waals surface area contributed by atoms with Crippen molar-refractivity contribution in [3.8, 4) is 11.5 Å². The van der Waals surface area contributed by atoms with Crippen LogP contribution in [0, 0.1) is 5.92 Å². The summed E-state index contributed by atoms with van der Waals surface area (Å²) in [7, 11) is 0. The van der Waals surface area contributed by atoms with E-state index in [1.807, 2.05) is 47.4 Å². The molecule has 1 fully saturated rings. The van der Waals surface area contributed by atoms with Crippen LogP contribution in [-0.2, 0) is 9.59 Å². The van der Waals surface area contributed by atoms with E-state index in [4.69, 9.17) is 9.84 Å². The highest BCUT2D eigenvalue weighted by Crippen LogP contribution is 2.29. The highest BCUT2D eigenvalue weighted by atomic mass is 16.5. The standard InChI is InChI=1S/C20H22N2O4/c23-19(11-13-22-12-10-15(14-22)20(24)25)21-17-8-4-5-9-18(17)26-16-6-2-1-3-7-16/h1-9,15H,10-14H2,(H,21,23)(H,24,25). The Morgan fingerprint density at radius 1 is 1.12 bits per heavy atom. The van der Waals surface area contributed by atoms with Crippen LogP contribution in [0.4, 0.5) is 5.69 Å². The van der Waals surface area contributed by atoms with Crippen LogP contribution in [0.3, 0.4) is 0 Å². The van der Waals surface area contributed by atoms with Crippen molar-refractivity contribution in [2.45, 2.75) is 12.8 Å². The number of hydrogen-bond donors (Lipinski definition) is 2. The van der Waals surface area contributed by atoms with Crippen molar-refractivity contribution in [3.63, 3.8) is 0 Å². The first-order valence-electron chi connectivity index (χ1n) is 8.69. The molecule has 6 nitrogen and oxygen atoms in total. The summed E-state index contributed by atoms with van der Waals surface area (Å²) in [6.45, 7) is 1.78. The number of nitrogens with one attached hydrogen (secondary N) is 1. The van der Waals surface area contributed by atoms with Gasteiger partial charge in [0, 0.05) is 19.5 Å². The van der Waals surface area contributed by atoms with Gasteiger partial charge in [-0.1, -0.05) is 30.3 Å². The topological polar surface area (TPSA) is 78.9 Å². The minimum Gasteiger partial charge on any atom is -0.481 e. The van der Waals surface area contributed by atoms with Crippen molar-refractivity contribution in [3.05, 3.63) is 54.6 Å². The molecule has 0 saturated carbocycles. The number of likely N-dealkylation sites (tertiary alicyclic amines) is 1. The number of aliphatic carboxylic acids is 1. The Labute approximate surface area is 152 Å².